The quantitative estimate of drug-likeness (QED) is 0.918. The van der Waals surface area contributed by atoms with E-state index in [1.807, 2.05) is 12.1 Å². The average Bonchev–Trinajstić information content (AvgIpc) is 2.42. The van der Waals surface area contributed by atoms with E-state index in [1.165, 1.54) is 22.3 Å². The maximum atomic E-state index is 6.58. The lowest BCUT2D eigenvalue weighted by molar-refractivity contribution is 0.414. The maximum Gasteiger partial charge on any atom is 0.118 e. The van der Waals surface area contributed by atoms with Gasteiger partial charge in [-0.2, -0.15) is 0 Å². The van der Waals surface area contributed by atoms with Crippen molar-refractivity contribution in [3.8, 4) is 5.75 Å². The molecule has 106 valence electrons. The minimum atomic E-state index is -0.370. The highest BCUT2D eigenvalue weighted by Crippen LogP contribution is 2.27. The Morgan fingerprint density at radius 2 is 1.70 bits per heavy atom. The fraction of sp³-hybridized carbons (Fsp3) is 0.333. The lowest BCUT2D eigenvalue weighted by Gasteiger charge is -2.28. The van der Waals surface area contributed by atoms with E-state index in [1.54, 1.807) is 7.11 Å². The van der Waals surface area contributed by atoms with Crippen LogP contribution in [0, 0.1) is 13.8 Å². The van der Waals surface area contributed by atoms with E-state index in [4.69, 9.17) is 10.5 Å². The first-order valence-corrected chi connectivity index (χ1v) is 6.92. The zero-order valence-corrected chi connectivity index (χ0v) is 12.7. The van der Waals surface area contributed by atoms with E-state index < -0.39 is 0 Å². The van der Waals surface area contributed by atoms with Crippen molar-refractivity contribution in [1.82, 2.24) is 0 Å². The van der Waals surface area contributed by atoms with Gasteiger partial charge in [0.05, 0.1) is 7.11 Å². The van der Waals surface area contributed by atoms with Crippen LogP contribution in [0.15, 0.2) is 42.5 Å². The van der Waals surface area contributed by atoms with Gasteiger partial charge in [0.15, 0.2) is 0 Å². The van der Waals surface area contributed by atoms with Gasteiger partial charge in [0.25, 0.3) is 0 Å². The van der Waals surface area contributed by atoms with E-state index in [9.17, 15) is 0 Å². The van der Waals surface area contributed by atoms with Gasteiger partial charge in [-0.15, -0.1) is 0 Å². The summed E-state index contributed by atoms with van der Waals surface area (Å²) in [5.41, 5.74) is 11.1. The van der Waals surface area contributed by atoms with Gasteiger partial charge in [0.2, 0.25) is 0 Å². The van der Waals surface area contributed by atoms with E-state index in [0.717, 1.165) is 12.2 Å². The van der Waals surface area contributed by atoms with Crippen LogP contribution in [0.5, 0.6) is 5.75 Å². The molecule has 0 aliphatic rings. The largest absolute Gasteiger partial charge is 0.497 e. The van der Waals surface area contributed by atoms with E-state index in [-0.39, 0.29) is 5.54 Å². The van der Waals surface area contributed by atoms with Crippen molar-refractivity contribution in [3.05, 3.63) is 64.7 Å². The van der Waals surface area contributed by atoms with Crippen LogP contribution < -0.4 is 10.5 Å². The first-order chi connectivity index (χ1) is 9.42. The highest BCUT2D eigenvalue weighted by Gasteiger charge is 2.23. The van der Waals surface area contributed by atoms with Crippen molar-refractivity contribution in [2.75, 3.05) is 7.11 Å². The number of nitrogens with two attached hydrogens (primary N) is 1. The van der Waals surface area contributed by atoms with Crippen molar-refractivity contribution in [2.45, 2.75) is 32.7 Å². The molecule has 0 bridgehead atoms. The fourth-order valence-corrected chi connectivity index (χ4v) is 2.61. The Morgan fingerprint density at radius 3 is 2.30 bits per heavy atom. The third-order valence-electron chi connectivity index (χ3n) is 3.74. The van der Waals surface area contributed by atoms with Crippen LogP contribution in [0.2, 0.25) is 0 Å². The Morgan fingerprint density at radius 1 is 1.05 bits per heavy atom. The minimum Gasteiger partial charge on any atom is -0.497 e. The topological polar surface area (TPSA) is 35.2 Å². The zero-order chi connectivity index (χ0) is 14.8. The van der Waals surface area contributed by atoms with Crippen LogP contribution >= 0.6 is 0 Å². The molecule has 0 heterocycles. The highest BCUT2D eigenvalue weighted by molar-refractivity contribution is 5.37. The molecule has 2 rings (SSSR count). The van der Waals surface area contributed by atoms with Gasteiger partial charge in [-0.25, -0.2) is 0 Å². The summed E-state index contributed by atoms with van der Waals surface area (Å²) >= 11 is 0. The SMILES string of the molecule is COc1ccc(CC(C)(N)c2cc(C)ccc2C)cc1. The van der Waals surface area contributed by atoms with Crippen LogP contribution in [0.1, 0.15) is 29.2 Å². The normalized spacial score (nSPS) is 13.8. The predicted octanol–water partition coefficient (Wildman–Crippen LogP) is 3.73. The smallest absolute Gasteiger partial charge is 0.118 e. The van der Waals surface area contributed by atoms with Crippen molar-refractivity contribution >= 4 is 0 Å². The second-order valence-electron chi connectivity index (χ2n) is 5.76. The second-order valence-corrected chi connectivity index (χ2v) is 5.76. The second kappa shape index (κ2) is 5.68. The minimum absolute atomic E-state index is 0.370. The summed E-state index contributed by atoms with van der Waals surface area (Å²) in [5.74, 6) is 0.874. The lowest BCUT2D eigenvalue weighted by atomic mass is 9.83. The number of hydrogen-bond donors (Lipinski definition) is 1. The first-order valence-electron chi connectivity index (χ1n) is 6.92. The molecule has 0 aliphatic heterocycles. The number of rotatable bonds is 4. The van der Waals surface area contributed by atoms with Crippen LogP contribution in [-0.4, -0.2) is 7.11 Å². The Labute approximate surface area is 121 Å². The summed E-state index contributed by atoms with van der Waals surface area (Å²) in [7, 11) is 1.68. The number of ether oxygens (including phenoxy) is 1. The lowest BCUT2D eigenvalue weighted by Crippen LogP contribution is -2.36. The molecule has 2 nitrogen and oxygen atoms in total. The third kappa shape index (κ3) is 3.20. The van der Waals surface area contributed by atoms with Gasteiger partial charge in [0, 0.05) is 5.54 Å². The first kappa shape index (κ1) is 14.6. The molecule has 2 N–H and O–H groups in total. The molecule has 1 unspecified atom stereocenters. The Balaban J connectivity index is 2.27. The molecule has 0 aliphatic carbocycles. The molecular formula is C18H23NO. The van der Waals surface area contributed by atoms with Gasteiger partial charge in [-0.3, -0.25) is 0 Å². The van der Waals surface area contributed by atoms with Crippen LogP contribution in [0.25, 0.3) is 0 Å². The Hall–Kier alpha value is -1.80. The van der Waals surface area contributed by atoms with Crippen molar-refractivity contribution in [1.29, 1.82) is 0 Å². The molecule has 0 saturated carbocycles. The monoisotopic (exact) mass is 269 g/mol. The maximum absolute atomic E-state index is 6.58. The number of hydrogen-bond acceptors (Lipinski definition) is 2. The van der Waals surface area contributed by atoms with Gasteiger partial charge in [-0.05, 0) is 56.0 Å². The summed E-state index contributed by atoms with van der Waals surface area (Å²) in [4.78, 5) is 0. The van der Waals surface area contributed by atoms with Crippen LogP contribution in [0.3, 0.4) is 0 Å². The van der Waals surface area contributed by atoms with E-state index in [0.29, 0.717) is 0 Å². The summed E-state index contributed by atoms with van der Waals surface area (Å²) in [6.07, 6.45) is 0.807. The standard InChI is InChI=1S/C18H23NO/c1-13-5-6-14(2)17(11-13)18(3,19)12-15-7-9-16(20-4)10-8-15/h5-11H,12,19H2,1-4H3. The van der Waals surface area contributed by atoms with Crippen LogP contribution in [0.4, 0.5) is 0 Å². The molecule has 20 heavy (non-hydrogen) atoms. The molecule has 0 radical (unpaired) electrons. The Bertz CT molecular complexity index is 585. The zero-order valence-electron chi connectivity index (χ0n) is 12.7. The molecule has 0 amide bonds. The van der Waals surface area contributed by atoms with Crippen molar-refractivity contribution in [2.24, 2.45) is 5.73 Å². The van der Waals surface area contributed by atoms with Crippen molar-refractivity contribution < 1.29 is 4.74 Å². The average molecular weight is 269 g/mol. The van der Waals surface area contributed by atoms with Gasteiger partial charge in [-0.1, -0.05) is 35.9 Å². The number of methoxy groups -OCH3 is 1. The molecule has 2 aromatic rings. The molecule has 2 heteroatoms. The fourth-order valence-electron chi connectivity index (χ4n) is 2.61. The molecule has 0 saturated heterocycles. The summed E-state index contributed by atoms with van der Waals surface area (Å²) in [5, 5.41) is 0. The van der Waals surface area contributed by atoms with Crippen LogP contribution in [-0.2, 0) is 12.0 Å². The molecule has 1 atom stereocenters. The molecule has 2 aromatic carbocycles. The van der Waals surface area contributed by atoms with Gasteiger partial charge < -0.3 is 10.5 Å². The molecule has 0 spiro atoms. The molecule has 0 aromatic heterocycles. The predicted molar refractivity (Wildman–Crippen MR) is 84.2 cm³/mol. The highest BCUT2D eigenvalue weighted by atomic mass is 16.5. The molecular weight excluding hydrogens is 246 g/mol. The van der Waals surface area contributed by atoms with E-state index >= 15 is 0 Å². The molecule has 0 fully saturated rings. The Kier molecular flexibility index (Phi) is 4.15. The number of aryl methyl sites for hydroxylation is 2. The van der Waals surface area contributed by atoms with Gasteiger partial charge in [0.1, 0.15) is 5.75 Å². The summed E-state index contributed by atoms with van der Waals surface area (Å²) in [6.45, 7) is 6.32. The van der Waals surface area contributed by atoms with Crippen molar-refractivity contribution in [3.63, 3.8) is 0 Å². The third-order valence-corrected chi connectivity index (χ3v) is 3.74. The number of benzene rings is 2. The summed E-state index contributed by atoms with van der Waals surface area (Å²) in [6, 6.07) is 14.6. The van der Waals surface area contributed by atoms with E-state index in [2.05, 4.69) is 51.1 Å². The summed E-state index contributed by atoms with van der Waals surface area (Å²) < 4.78 is 5.19. The van der Waals surface area contributed by atoms with Gasteiger partial charge >= 0.3 is 0 Å².